The highest BCUT2D eigenvalue weighted by Crippen LogP contribution is 2.22. The third-order valence-electron chi connectivity index (χ3n) is 2.88. The lowest BCUT2D eigenvalue weighted by Crippen LogP contribution is -2.24. The number of aromatic nitrogens is 1. The minimum Gasteiger partial charge on any atom is -0.492 e. The number of benzene rings is 1. The number of rotatable bonds is 5. The molecule has 100 valence electrons. The molecule has 0 aliphatic carbocycles. The Hall–Kier alpha value is -1.74. The van der Waals surface area contributed by atoms with E-state index in [4.69, 9.17) is 16.3 Å². The van der Waals surface area contributed by atoms with Gasteiger partial charge in [0.05, 0.1) is 17.3 Å². The van der Waals surface area contributed by atoms with Crippen LogP contribution in [-0.2, 0) is 0 Å². The van der Waals surface area contributed by atoms with Gasteiger partial charge in [-0.15, -0.1) is 0 Å². The van der Waals surface area contributed by atoms with Crippen LogP contribution in [0.5, 0.6) is 5.75 Å². The fourth-order valence-corrected chi connectivity index (χ4v) is 2.00. The fourth-order valence-electron chi connectivity index (χ4n) is 1.73. The summed E-state index contributed by atoms with van der Waals surface area (Å²) in [7, 11) is 1.99. The first-order valence-corrected chi connectivity index (χ1v) is 6.55. The van der Waals surface area contributed by atoms with Crippen molar-refractivity contribution < 1.29 is 4.74 Å². The Morgan fingerprint density at radius 3 is 2.63 bits per heavy atom. The van der Waals surface area contributed by atoms with Crippen molar-refractivity contribution in [1.82, 2.24) is 4.98 Å². The summed E-state index contributed by atoms with van der Waals surface area (Å²) in [5, 5.41) is 0.653. The minimum absolute atomic E-state index is 0.609. The first kappa shape index (κ1) is 13.7. The van der Waals surface area contributed by atoms with Gasteiger partial charge in [0.25, 0.3) is 0 Å². The van der Waals surface area contributed by atoms with E-state index in [1.54, 1.807) is 12.4 Å². The summed E-state index contributed by atoms with van der Waals surface area (Å²) in [6.07, 6.45) is 3.38. The van der Waals surface area contributed by atoms with Crippen LogP contribution in [0.2, 0.25) is 5.02 Å². The number of likely N-dealkylation sites (N-methyl/N-ethyl adjacent to an activating group) is 1. The Labute approximate surface area is 118 Å². The second-order valence-electron chi connectivity index (χ2n) is 4.41. The molecule has 0 spiro atoms. The lowest BCUT2D eigenvalue weighted by Gasteiger charge is -2.20. The topological polar surface area (TPSA) is 25.4 Å². The molecule has 0 aliphatic rings. The van der Waals surface area contributed by atoms with Crippen molar-refractivity contribution in [3.63, 3.8) is 0 Å². The molecule has 0 saturated carbocycles. The van der Waals surface area contributed by atoms with E-state index in [0.29, 0.717) is 11.6 Å². The highest BCUT2D eigenvalue weighted by molar-refractivity contribution is 6.33. The number of ether oxygens (including phenoxy) is 1. The highest BCUT2D eigenvalue weighted by Gasteiger charge is 2.05. The van der Waals surface area contributed by atoms with Crippen molar-refractivity contribution >= 4 is 17.3 Å². The van der Waals surface area contributed by atoms with Gasteiger partial charge < -0.3 is 9.64 Å². The van der Waals surface area contributed by atoms with E-state index in [1.165, 1.54) is 5.56 Å². The second kappa shape index (κ2) is 6.43. The monoisotopic (exact) mass is 276 g/mol. The predicted molar refractivity (Wildman–Crippen MR) is 79.2 cm³/mol. The van der Waals surface area contributed by atoms with E-state index in [0.717, 1.165) is 18.0 Å². The number of hydrogen-bond acceptors (Lipinski definition) is 3. The van der Waals surface area contributed by atoms with Crippen LogP contribution in [0.15, 0.2) is 42.7 Å². The normalized spacial score (nSPS) is 10.3. The molecule has 2 aromatic rings. The number of nitrogens with zero attached hydrogens (tertiary/aromatic N) is 2. The maximum absolute atomic E-state index is 6.09. The molecule has 0 radical (unpaired) electrons. The zero-order chi connectivity index (χ0) is 13.7. The molecule has 0 aliphatic heterocycles. The average molecular weight is 277 g/mol. The zero-order valence-corrected chi connectivity index (χ0v) is 11.9. The molecule has 1 aromatic carbocycles. The lowest BCUT2D eigenvalue weighted by atomic mass is 10.2. The Bertz CT molecular complexity index is 528. The van der Waals surface area contributed by atoms with Crippen LogP contribution in [-0.4, -0.2) is 25.2 Å². The first-order valence-electron chi connectivity index (χ1n) is 6.17. The standard InChI is InChI=1S/C15H17ClN2O/c1-12-3-5-13(6-4-12)19-10-9-18(2)15-7-8-17-11-14(15)16/h3-8,11H,9-10H2,1-2H3. The highest BCUT2D eigenvalue weighted by atomic mass is 35.5. The number of hydrogen-bond donors (Lipinski definition) is 0. The van der Waals surface area contributed by atoms with Gasteiger partial charge in [-0.2, -0.15) is 0 Å². The van der Waals surface area contributed by atoms with Crippen molar-refractivity contribution in [2.45, 2.75) is 6.92 Å². The molecule has 19 heavy (non-hydrogen) atoms. The summed E-state index contributed by atoms with van der Waals surface area (Å²) in [5.41, 5.74) is 2.19. The molecule has 0 saturated heterocycles. The quantitative estimate of drug-likeness (QED) is 0.835. The van der Waals surface area contributed by atoms with E-state index in [1.807, 2.05) is 37.4 Å². The Balaban J connectivity index is 1.86. The molecule has 0 unspecified atom stereocenters. The van der Waals surface area contributed by atoms with Gasteiger partial charge in [0.1, 0.15) is 12.4 Å². The van der Waals surface area contributed by atoms with E-state index < -0.39 is 0 Å². The van der Waals surface area contributed by atoms with Crippen LogP contribution in [0.25, 0.3) is 0 Å². The van der Waals surface area contributed by atoms with Gasteiger partial charge in [-0.05, 0) is 25.1 Å². The summed E-state index contributed by atoms with van der Waals surface area (Å²) in [6.45, 7) is 3.43. The van der Waals surface area contributed by atoms with Crippen molar-refractivity contribution in [2.75, 3.05) is 25.1 Å². The molecule has 0 bridgehead atoms. The summed E-state index contributed by atoms with van der Waals surface area (Å²) in [6, 6.07) is 9.94. The molecule has 1 heterocycles. The van der Waals surface area contributed by atoms with Gasteiger partial charge in [-0.1, -0.05) is 29.3 Å². The third-order valence-corrected chi connectivity index (χ3v) is 3.17. The maximum Gasteiger partial charge on any atom is 0.119 e. The Morgan fingerprint density at radius 1 is 1.21 bits per heavy atom. The van der Waals surface area contributed by atoms with Crippen molar-refractivity contribution in [3.8, 4) is 5.75 Å². The maximum atomic E-state index is 6.09. The van der Waals surface area contributed by atoms with Crippen molar-refractivity contribution in [2.24, 2.45) is 0 Å². The summed E-state index contributed by atoms with van der Waals surface area (Å²) in [4.78, 5) is 6.03. The van der Waals surface area contributed by atoms with Crippen molar-refractivity contribution in [1.29, 1.82) is 0 Å². The number of halogens is 1. The summed E-state index contributed by atoms with van der Waals surface area (Å²) < 4.78 is 5.69. The van der Waals surface area contributed by atoms with E-state index >= 15 is 0 Å². The fraction of sp³-hybridized carbons (Fsp3) is 0.267. The molecular weight excluding hydrogens is 260 g/mol. The van der Waals surface area contributed by atoms with Crippen LogP contribution >= 0.6 is 11.6 Å². The second-order valence-corrected chi connectivity index (χ2v) is 4.82. The minimum atomic E-state index is 0.609. The third kappa shape index (κ3) is 3.86. The first-order chi connectivity index (χ1) is 9.16. The molecule has 2 rings (SSSR count). The van der Waals surface area contributed by atoms with Gasteiger partial charge in [-0.3, -0.25) is 4.98 Å². The molecule has 0 N–H and O–H groups in total. The Kier molecular flexibility index (Phi) is 4.63. The van der Waals surface area contributed by atoms with Gasteiger partial charge in [-0.25, -0.2) is 0 Å². The number of aryl methyl sites for hydroxylation is 1. The van der Waals surface area contributed by atoms with Crippen LogP contribution in [0.1, 0.15) is 5.56 Å². The molecular formula is C15H17ClN2O. The van der Waals surface area contributed by atoms with Crippen LogP contribution in [0.3, 0.4) is 0 Å². The Morgan fingerprint density at radius 2 is 1.95 bits per heavy atom. The molecule has 0 amide bonds. The van der Waals surface area contributed by atoms with Crippen LogP contribution in [0, 0.1) is 6.92 Å². The molecule has 0 fully saturated rings. The SMILES string of the molecule is Cc1ccc(OCCN(C)c2ccncc2Cl)cc1. The summed E-state index contributed by atoms with van der Waals surface area (Å²) in [5.74, 6) is 0.889. The van der Waals surface area contributed by atoms with Gasteiger partial charge in [0.15, 0.2) is 0 Å². The van der Waals surface area contributed by atoms with E-state index in [9.17, 15) is 0 Å². The summed E-state index contributed by atoms with van der Waals surface area (Å²) >= 11 is 6.09. The zero-order valence-electron chi connectivity index (χ0n) is 11.1. The van der Waals surface area contributed by atoms with E-state index in [-0.39, 0.29) is 0 Å². The molecule has 3 nitrogen and oxygen atoms in total. The van der Waals surface area contributed by atoms with Gasteiger partial charge in [0, 0.05) is 19.4 Å². The van der Waals surface area contributed by atoms with Crippen LogP contribution < -0.4 is 9.64 Å². The van der Waals surface area contributed by atoms with Crippen LogP contribution in [0.4, 0.5) is 5.69 Å². The predicted octanol–water partition coefficient (Wildman–Crippen LogP) is 3.56. The van der Waals surface area contributed by atoms with Gasteiger partial charge in [0.2, 0.25) is 0 Å². The lowest BCUT2D eigenvalue weighted by molar-refractivity contribution is 0.326. The average Bonchev–Trinajstić information content (AvgIpc) is 2.41. The molecule has 1 aromatic heterocycles. The number of pyridine rings is 1. The van der Waals surface area contributed by atoms with Crippen molar-refractivity contribution in [3.05, 3.63) is 53.3 Å². The molecule has 0 atom stereocenters. The number of anilines is 1. The molecule has 4 heteroatoms. The smallest absolute Gasteiger partial charge is 0.119 e. The van der Waals surface area contributed by atoms with E-state index in [2.05, 4.69) is 16.8 Å². The van der Waals surface area contributed by atoms with Gasteiger partial charge >= 0.3 is 0 Å². The largest absolute Gasteiger partial charge is 0.492 e.